The van der Waals surface area contributed by atoms with Crippen molar-refractivity contribution in [3.8, 4) is 11.5 Å². The summed E-state index contributed by atoms with van der Waals surface area (Å²) in [5, 5.41) is 12.1. The van der Waals surface area contributed by atoms with Crippen molar-refractivity contribution >= 4 is 23.4 Å². The van der Waals surface area contributed by atoms with Gasteiger partial charge in [-0.2, -0.15) is 10.1 Å². The Labute approximate surface area is 196 Å². The summed E-state index contributed by atoms with van der Waals surface area (Å²) in [6.07, 6.45) is 0.919. The van der Waals surface area contributed by atoms with Crippen LogP contribution in [-0.4, -0.2) is 48.2 Å². The lowest BCUT2D eigenvalue weighted by Crippen LogP contribution is -2.41. The van der Waals surface area contributed by atoms with E-state index in [0.29, 0.717) is 29.3 Å². The number of carbonyl (C=O) groups is 2. The topological polar surface area (TPSA) is 115 Å². The average Bonchev–Trinajstić information content (AvgIpc) is 3.40. The molecule has 0 aliphatic carbocycles. The van der Waals surface area contributed by atoms with E-state index < -0.39 is 18.1 Å². The molecule has 3 aromatic rings. The molecule has 1 aliphatic rings. The normalized spacial score (nSPS) is 15.4. The van der Waals surface area contributed by atoms with Gasteiger partial charge in [0.15, 0.2) is 11.5 Å². The summed E-state index contributed by atoms with van der Waals surface area (Å²) in [6, 6.07) is 14.0. The van der Waals surface area contributed by atoms with Crippen LogP contribution in [0.3, 0.4) is 0 Å². The summed E-state index contributed by atoms with van der Waals surface area (Å²) in [4.78, 5) is 24.9. The number of amides is 2. The molecule has 176 valence electrons. The van der Waals surface area contributed by atoms with Crippen molar-refractivity contribution in [2.75, 3.05) is 19.5 Å². The number of cyclic esters (lactones) is 1. The van der Waals surface area contributed by atoms with Crippen molar-refractivity contribution in [2.45, 2.75) is 26.0 Å². The quantitative estimate of drug-likeness (QED) is 0.534. The monoisotopic (exact) mass is 464 g/mol. The molecule has 1 atom stereocenters. The Hall–Kier alpha value is -4.34. The molecule has 2 heterocycles. The van der Waals surface area contributed by atoms with E-state index in [4.69, 9.17) is 18.7 Å². The molecule has 0 spiro atoms. The van der Waals surface area contributed by atoms with Gasteiger partial charge < -0.3 is 24.1 Å². The highest BCUT2D eigenvalue weighted by Gasteiger charge is 2.31. The van der Waals surface area contributed by atoms with Gasteiger partial charge in [0.25, 0.3) is 5.91 Å². The average molecular weight is 464 g/mol. The molecule has 0 bridgehead atoms. The zero-order valence-electron chi connectivity index (χ0n) is 19.0. The molecule has 0 fully saturated rings. The number of nitrogens with zero attached hydrogens (tertiary/aromatic N) is 3. The molecule has 4 rings (SSSR count). The summed E-state index contributed by atoms with van der Waals surface area (Å²) in [5.41, 5.74) is 2.66. The molecule has 1 unspecified atom stereocenters. The smallest absolute Gasteiger partial charge is 0.431 e. The lowest BCUT2D eigenvalue weighted by atomic mass is 10.0. The minimum atomic E-state index is -0.549. The highest BCUT2D eigenvalue weighted by Crippen LogP contribution is 2.30. The van der Waals surface area contributed by atoms with Crippen LogP contribution in [0.2, 0.25) is 0 Å². The molecule has 1 aromatic heterocycles. The Kier molecular flexibility index (Phi) is 6.77. The van der Waals surface area contributed by atoms with Gasteiger partial charge in [0.05, 0.1) is 27.0 Å². The number of hydrogen-bond donors (Lipinski definition) is 1. The first-order valence-corrected chi connectivity index (χ1v) is 10.6. The molecule has 0 radical (unpaired) electrons. The predicted octanol–water partition coefficient (Wildman–Crippen LogP) is 4.08. The number of methoxy groups -OCH3 is 2. The first-order chi connectivity index (χ1) is 16.5. The van der Waals surface area contributed by atoms with Crippen molar-refractivity contribution in [3.05, 3.63) is 71.6 Å². The van der Waals surface area contributed by atoms with Crippen molar-refractivity contribution in [1.29, 1.82) is 0 Å². The fourth-order valence-electron chi connectivity index (χ4n) is 3.54. The van der Waals surface area contributed by atoms with Crippen molar-refractivity contribution in [2.24, 2.45) is 5.10 Å². The Morgan fingerprint density at radius 3 is 2.65 bits per heavy atom. The lowest BCUT2D eigenvalue weighted by molar-refractivity contribution is 0.0712. The first-order valence-electron chi connectivity index (χ1n) is 10.6. The predicted molar refractivity (Wildman–Crippen MR) is 123 cm³/mol. The third-order valence-electron chi connectivity index (χ3n) is 5.22. The summed E-state index contributed by atoms with van der Waals surface area (Å²) in [6.45, 7) is 2.07. The third kappa shape index (κ3) is 4.85. The fourth-order valence-corrected chi connectivity index (χ4v) is 3.54. The molecular formula is C24H24N4O6. The second-order valence-corrected chi connectivity index (χ2v) is 7.42. The largest absolute Gasteiger partial charge is 0.493 e. The summed E-state index contributed by atoms with van der Waals surface area (Å²) in [5.74, 6) is 0.816. The van der Waals surface area contributed by atoms with Gasteiger partial charge in [-0.1, -0.05) is 24.2 Å². The lowest BCUT2D eigenvalue weighted by Gasteiger charge is -2.29. The molecule has 2 aromatic carbocycles. The highest BCUT2D eigenvalue weighted by atomic mass is 16.6. The molecule has 2 amide bonds. The van der Waals surface area contributed by atoms with Crippen LogP contribution in [0.25, 0.3) is 0 Å². The van der Waals surface area contributed by atoms with Crippen LogP contribution >= 0.6 is 0 Å². The number of nitrogens with one attached hydrogen (secondary N) is 1. The van der Waals surface area contributed by atoms with Crippen LogP contribution in [0.5, 0.6) is 11.5 Å². The second kappa shape index (κ2) is 10.1. The minimum absolute atomic E-state index is 0.0970. The van der Waals surface area contributed by atoms with Gasteiger partial charge in [-0.15, -0.1) is 0 Å². The van der Waals surface area contributed by atoms with E-state index in [1.807, 2.05) is 19.1 Å². The molecule has 10 nitrogen and oxygen atoms in total. The van der Waals surface area contributed by atoms with Crippen molar-refractivity contribution in [1.82, 2.24) is 10.2 Å². The maximum atomic E-state index is 12.6. The Morgan fingerprint density at radius 2 is 1.94 bits per heavy atom. The summed E-state index contributed by atoms with van der Waals surface area (Å²) >= 11 is 0. The number of carbonyl (C=O) groups excluding carboxylic acids is 2. The van der Waals surface area contributed by atoms with Crippen molar-refractivity contribution < 1.29 is 28.3 Å². The van der Waals surface area contributed by atoms with Crippen LogP contribution in [0.4, 0.5) is 10.5 Å². The van der Waals surface area contributed by atoms with E-state index in [2.05, 4.69) is 15.6 Å². The number of benzene rings is 2. The third-order valence-corrected chi connectivity index (χ3v) is 5.22. The summed E-state index contributed by atoms with van der Waals surface area (Å²) in [7, 11) is 3.12. The van der Waals surface area contributed by atoms with Gasteiger partial charge in [-0.25, -0.2) is 4.79 Å². The summed E-state index contributed by atoms with van der Waals surface area (Å²) < 4.78 is 21.2. The van der Waals surface area contributed by atoms with E-state index >= 15 is 0 Å². The number of aromatic nitrogens is 1. The highest BCUT2D eigenvalue weighted by molar-refractivity contribution is 6.06. The fraction of sp³-hybridized carbons (Fsp3) is 0.250. The molecule has 1 aliphatic heterocycles. The van der Waals surface area contributed by atoms with Crippen LogP contribution in [0, 0.1) is 0 Å². The van der Waals surface area contributed by atoms with Gasteiger partial charge in [-0.3, -0.25) is 4.79 Å². The standard InChI is InChI=1S/C24H24N4O6/c1-4-18-22(16-8-9-19(31-2)21(13-16)32-3)27-28(24(30)33-18)14-15-6-5-7-17(12-15)26-23(29)20-10-11-25-34-20/h5-13,18H,4,14H2,1-3H3,(H,26,29). The zero-order chi connectivity index (χ0) is 24.1. The van der Waals surface area contributed by atoms with Crippen LogP contribution < -0.4 is 14.8 Å². The van der Waals surface area contributed by atoms with Crippen LogP contribution in [0.15, 0.2) is 64.4 Å². The van der Waals surface area contributed by atoms with E-state index in [9.17, 15) is 9.59 Å². The van der Waals surface area contributed by atoms with Crippen molar-refractivity contribution in [3.63, 3.8) is 0 Å². The Morgan fingerprint density at radius 1 is 1.12 bits per heavy atom. The SMILES string of the molecule is CCC1OC(=O)N(Cc2cccc(NC(=O)c3ccno3)c2)N=C1c1ccc(OC)c(OC)c1. The Balaban J connectivity index is 1.58. The minimum Gasteiger partial charge on any atom is -0.493 e. The number of anilines is 1. The zero-order valence-corrected chi connectivity index (χ0v) is 19.0. The maximum absolute atomic E-state index is 12.6. The van der Waals surface area contributed by atoms with Gasteiger partial charge in [0, 0.05) is 17.3 Å². The molecule has 34 heavy (non-hydrogen) atoms. The number of hydrogen-bond acceptors (Lipinski definition) is 8. The van der Waals surface area contributed by atoms with E-state index in [0.717, 1.165) is 11.1 Å². The van der Waals surface area contributed by atoms with E-state index in [-0.39, 0.29) is 12.3 Å². The van der Waals surface area contributed by atoms with E-state index in [1.54, 1.807) is 44.6 Å². The second-order valence-electron chi connectivity index (χ2n) is 7.42. The van der Waals surface area contributed by atoms with Gasteiger partial charge >= 0.3 is 6.09 Å². The van der Waals surface area contributed by atoms with Gasteiger partial charge in [-0.05, 0) is 42.3 Å². The molecule has 1 N–H and O–H groups in total. The maximum Gasteiger partial charge on any atom is 0.431 e. The number of hydrazone groups is 1. The van der Waals surface area contributed by atoms with Crippen LogP contribution in [-0.2, 0) is 11.3 Å². The van der Waals surface area contributed by atoms with E-state index in [1.165, 1.54) is 17.3 Å². The van der Waals surface area contributed by atoms with Crippen LogP contribution in [0.1, 0.15) is 35.0 Å². The number of ether oxygens (including phenoxy) is 3. The molecule has 0 saturated heterocycles. The van der Waals surface area contributed by atoms with Gasteiger partial charge in [0.2, 0.25) is 5.76 Å². The molecular weight excluding hydrogens is 440 g/mol. The molecule has 0 saturated carbocycles. The first kappa shape index (κ1) is 22.8. The molecule has 10 heteroatoms. The van der Waals surface area contributed by atoms with Gasteiger partial charge in [0.1, 0.15) is 11.8 Å². The number of rotatable bonds is 8. The Bertz CT molecular complexity index is 1210.